The fraction of sp³-hybridized carbons (Fsp3) is 0.444. The summed E-state index contributed by atoms with van der Waals surface area (Å²) < 4.78 is 0. The number of aryl methyl sites for hydroxylation is 2. The standard InChI is InChI=1S/C18H19NO2/c1-10-4-5-11(2)14(8-10)19-16(20)15-12-6-7-13(9-12)18(15,3)17(19)21/h4-8,12-13,15H,9H2,1-3H3/t12-,13+,15+,18+/m1/s1. The van der Waals surface area contributed by atoms with Gasteiger partial charge in [-0.25, -0.2) is 4.90 Å². The Morgan fingerprint density at radius 3 is 2.67 bits per heavy atom. The summed E-state index contributed by atoms with van der Waals surface area (Å²) in [7, 11) is 0. The summed E-state index contributed by atoms with van der Waals surface area (Å²) in [4.78, 5) is 27.4. The molecule has 1 aromatic rings. The highest BCUT2D eigenvalue weighted by Gasteiger charge is 2.67. The van der Waals surface area contributed by atoms with Crippen LogP contribution in [-0.4, -0.2) is 11.8 Å². The molecule has 3 aliphatic rings. The van der Waals surface area contributed by atoms with Crippen molar-refractivity contribution < 1.29 is 9.59 Å². The third-order valence-corrected chi connectivity index (χ3v) is 5.72. The zero-order chi connectivity index (χ0) is 14.9. The second-order valence-corrected chi connectivity index (χ2v) is 6.92. The smallest absolute Gasteiger partial charge is 0.241 e. The number of benzene rings is 1. The Morgan fingerprint density at radius 2 is 1.95 bits per heavy atom. The van der Waals surface area contributed by atoms with E-state index in [4.69, 9.17) is 0 Å². The largest absolute Gasteiger partial charge is 0.274 e. The van der Waals surface area contributed by atoms with Crippen LogP contribution in [0.15, 0.2) is 30.4 Å². The summed E-state index contributed by atoms with van der Waals surface area (Å²) in [5, 5.41) is 0. The number of anilines is 1. The van der Waals surface area contributed by atoms with Crippen LogP contribution in [0.3, 0.4) is 0 Å². The molecule has 0 spiro atoms. The zero-order valence-electron chi connectivity index (χ0n) is 12.6. The SMILES string of the molecule is Cc1ccc(C)c(N2C(=O)[C@@H]3[C@@H]4C=C[C@@H](C4)[C@]3(C)C2=O)c1. The molecule has 3 heteroatoms. The van der Waals surface area contributed by atoms with Crippen molar-refractivity contribution in [1.82, 2.24) is 0 Å². The van der Waals surface area contributed by atoms with E-state index in [1.807, 2.05) is 39.0 Å². The van der Waals surface area contributed by atoms with Crippen molar-refractivity contribution in [3.05, 3.63) is 41.5 Å². The molecule has 4 rings (SSSR count). The Hall–Kier alpha value is -1.90. The number of carbonyl (C=O) groups is 2. The molecule has 21 heavy (non-hydrogen) atoms. The minimum Gasteiger partial charge on any atom is -0.274 e. The lowest BCUT2D eigenvalue weighted by atomic mass is 9.71. The van der Waals surface area contributed by atoms with E-state index >= 15 is 0 Å². The van der Waals surface area contributed by atoms with Crippen molar-refractivity contribution in [3.8, 4) is 0 Å². The van der Waals surface area contributed by atoms with E-state index in [9.17, 15) is 9.59 Å². The van der Waals surface area contributed by atoms with Crippen LogP contribution in [0.2, 0.25) is 0 Å². The maximum atomic E-state index is 13.0. The van der Waals surface area contributed by atoms with Gasteiger partial charge in [0.2, 0.25) is 11.8 Å². The van der Waals surface area contributed by atoms with Crippen LogP contribution in [0.1, 0.15) is 24.5 Å². The normalized spacial score (nSPS) is 36.7. The maximum Gasteiger partial charge on any atom is 0.241 e. The number of nitrogens with zero attached hydrogens (tertiary/aromatic N) is 1. The Kier molecular flexibility index (Phi) is 2.35. The van der Waals surface area contributed by atoms with Crippen LogP contribution in [-0.2, 0) is 9.59 Å². The van der Waals surface area contributed by atoms with E-state index in [-0.39, 0.29) is 29.6 Å². The molecule has 0 radical (unpaired) electrons. The summed E-state index contributed by atoms with van der Waals surface area (Å²) in [6, 6.07) is 5.94. The van der Waals surface area contributed by atoms with Crippen LogP contribution >= 0.6 is 0 Å². The Bertz CT molecular complexity index is 705. The summed E-state index contributed by atoms with van der Waals surface area (Å²) in [5.74, 6) is 0.279. The molecule has 2 aliphatic carbocycles. The van der Waals surface area contributed by atoms with Gasteiger partial charge in [0, 0.05) is 0 Å². The van der Waals surface area contributed by atoms with Crippen molar-refractivity contribution >= 4 is 17.5 Å². The molecule has 1 aliphatic heterocycles. The third-order valence-electron chi connectivity index (χ3n) is 5.72. The Labute approximate surface area is 124 Å². The first-order valence-electron chi connectivity index (χ1n) is 7.58. The predicted molar refractivity (Wildman–Crippen MR) is 80.7 cm³/mol. The van der Waals surface area contributed by atoms with E-state index in [0.717, 1.165) is 23.2 Å². The highest BCUT2D eigenvalue weighted by Crippen LogP contribution is 2.61. The summed E-state index contributed by atoms with van der Waals surface area (Å²) >= 11 is 0. The molecular weight excluding hydrogens is 262 g/mol. The van der Waals surface area contributed by atoms with Crippen LogP contribution in [0.25, 0.3) is 0 Å². The first kappa shape index (κ1) is 12.8. The van der Waals surface area contributed by atoms with E-state index in [1.54, 1.807) is 0 Å². The van der Waals surface area contributed by atoms with Gasteiger partial charge in [0.1, 0.15) is 0 Å². The highest BCUT2D eigenvalue weighted by atomic mass is 16.2. The van der Waals surface area contributed by atoms with Crippen molar-refractivity contribution in [2.24, 2.45) is 23.2 Å². The first-order valence-corrected chi connectivity index (χ1v) is 7.58. The van der Waals surface area contributed by atoms with E-state index < -0.39 is 5.41 Å². The van der Waals surface area contributed by atoms with Gasteiger partial charge in [0.25, 0.3) is 0 Å². The van der Waals surface area contributed by atoms with Crippen molar-refractivity contribution in [1.29, 1.82) is 0 Å². The lowest BCUT2D eigenvalue weighted by molar-refractivity contribution is -0.127. The number of carbonyl (C=O) groups excluding carboxylic acids is 2. The first-order chi connectivity index (χ1) is 9.94. The second kappa shape index (κ2) is 3.85. The molecular formula is C18H19NO2. The maximum absolute atomic E-state index is 13.0. The summed E-state index contributed by atoms with van der Waals surface area (Å²) in [6.45, 7) is 5.93. The molecule has 2 amide bonds. The monoisotopic (exact) mass is 281 g/mol. The van der Waals surface area contributed by atoms with Gasteiger partial charge in [-0.1, -0.05) is 24.3 Å². The third kappa shape index (κ3) is 1.39. The fourth-order valence-electron chi connectivity index (χ4n) is 4.49. The highest BCUT2D eigenvalue weighted by molar-refractivity contribution is 6.24. The minimum atomic E-state index is -0.535. The number of hydrogen-bond acceptors (Lipinski definition) is 2. The molecule has 0 unspecified atom stereocenters. The van der Waals surface area contributed by atoms with Gasteiger partial charge in [0.05, 0.1) is 17.0 Å². The van der Waals surface area contributed by atoms with Crippen molar-refractivity contribution in [2.45, 2.75) is 27.2 Å². The fourth-order valence-corrected chi connectivity index (χ4v) is 4.49. The quantitative estimate of drug-likeness (QED) is 0.586. The molecule has 2 bridgehead atoms. The van der Waals surface area contributed by atoms with Gasteiger partial charge in [-0.05, 0) is 56.2 Å². The van der Waals surface area contributed by atoms with Gasteiger partial charge >= 0.3 is 0 Å². The molecule has 3 nitrogen and oxygen atoms in total. The molecule has 4 atom stereocenters. The number of imide groups is 1. The van der Waals surface area contributed by atoms with Crippen LogP contribution < -0.4 is 4.90 Å². The number of allylic oxidation sites excluding steroid dienone is 2. The average Bonchev–Trinajstić information content (AvgIpc) is 3.06. The second-order valence-electron chi connectivity index (χ2n) is 6.92. The lowest BCUT2D eigenvalue weighted by Gasteiger charge is -2.28. The molecule has 0 N–H and O–H groups in total. The molecule has 1 saturated carbocycles. The topological polar surface area (TPSA) is 37.4 Å². The van der Waals surface area contributed by atoms with Gasteiger partial charge in [-0.15, -0.1) is 0 Å². The lowest BCUT2D eigenvalue weighted by Crippen LogP contribution is -2.37. The van der Waals surface area contributed by atoms with Crippen LogP contribution in [0.4, 0.5) is 5.69 Å². The molecule has 2 fully saturated rings. The van der Waals surface area contributed by atoms with Crippen molar-refractivity contribution in [3.63, 3.8) is 0 Å². The minimum absolute atomic E-state index is 0.00644. The molecule has 0 aromatic heterocycles. The number of rotatable bonds is 1. The van der Waals surface area contributed by atoms with E-state index in [0.29, 0.717) is 0 Å². The molecule has 1 saturated heterocycles. The van der Waals surface area contributed by atoms with Crippen molar-refractivity contribution in [2.75, 3.05) is 4.90 Å². The molecule has 1 aromatic carbocycles. The van der Waals surface area contributed by atoms with Crippen LogP contribution in [0.5, 0.6) is 0 Å². The molecule has 108 valence electrons. The van der Waals surface area contributed by atoms with E-state index in [1.165, 1.54) is 4.90 Å². The van der Waals surface area contributed by atoms with Gasteiger partial charge < -0.3 is 0 Å². The van der Waals surface area contributed by atoms with Gasteiger partial charge in [-0.3, -0.25) is 9.59 Å². The summed E-state index contributed by atoms with van der Waals surface area (Å²) in [5.41, 5.74) is 2.28. The summed E-state index contributed by atoms with van der Waals surface area (Å²) in [6.07, 6.45) is 5.23. The van der Waals surface area contributed by atoms with Gasteiger partial charge in [0.15, 0.2) is 0 Å². The van der Waals surface area contributed by atoms with Gasteiger partial charge in [-0.2, -0.15) is 0 Å². The molecule has 1 heterocycles. The average molecular weight is 281 g/mol. The van der Waals surface area contributed by atoms with Crippen LogP contribution in [0, 0.1) is 37.0 Å². The zero-order valence-corrected chi connectivity index (χ0v) is 12.6. The number of amides is 2. The predicted octanol–water partition coefficient (Wildman–Crippen LogP) is 3.01. The number of fused-ring (bicyclic) bond motifs is 5. The Balaban J connectivity index is 1.85. The number of hydrogen-bond donors (Lipinski definition) is 0. The van der Waals surface area contributed by atoms with E-state index in [2.05, 4.69) is 12.2 Å². The Morgan fingerprint density at radius 1 is 1.19 bits per heavy atom.